The van der Waals surface area contributed by atoms with Gasteiger partial charge in [-0.1, -0.05) is 19.3 Å². The van der Waals surface area contributed by atoms with Gasteiger partial charge in [-0.05, 0) is 38.0 Å². The largest absolute Gasteiger partial charge is 0.497 e. The van der Waals surface area contributed by atoms with Crippen molar-refractivity contribution in [2.45, 2.75) is 45.1 Å². The maximum Gasteiger partial charge on any atom is 0.256 e. The van der Waals surface area contributed by atoms with Gasteiger partial charge in [-0.25, -0.2) is 0 Å². The van der Waals surface area contributed by atoms with Gasteiger partial charge < -0.3 is 18.9 Å². The van der Waals surface area contributed by atoms with Crippen molar-refractivity contribution in [3.8, 4) is 5.75 Å². The van der Waals surface area contributed by atoms with E-state index < -0.39 is 0 Å². The highest BCUT2D eigenvalue weighted by atomic mass is 16.5. The van der Waals surface area contributed by atoms with E-state index in [2.05, 4.69) is 22.5 Å². The van der Waals surface area contributed by atoms with Gasteiger partial charge in [0, 0.05) is 62.5 Å². The molecule has 1 saturated heterocycles. The second-order valence-electron chi connectivity index (χ2n) is 8.63. The van der Waals surface area contributed by atoms with E-state index in [1.54, 1.807) is 14.2 Å². The van der Waals surface area contributed by atoms with E-state index in [9.17, 15) is 4.79 Å². The number of hydrogen-bond acceptors (Lipinski definition) is 4. The van der Waals surface area contributed by atoms with Crippen molar-refractivity contribution in [1.82, 2.24) is 14.4 Å². The van der Waals surface area contributed by atoms with Crippen LogP contribution in [0.1, 0.15) is 54.2 Å². The van der Waals surface area contributed by atoms with Crippen LogP contribution in [0.15, 0.2) is 18.2 Å². The number of fused-ring (bicyclic) bond motifs is 1. The number of amides is 1. The molecule has 30 heavy (non-hydrogen) atoms. The summed E-state index contributed by atoms with van der Waals surface area (Å²) in [6.45, 7) is 7.13. The average molecular weight is 414 g/mol. The lowest BCUT2D eigenvalue weighted by atomic mass is 9.95. The Balaban J connectivity index is 1.66. The third-order valence-electron chi connectivity index (χ3n) is 6.88. The van der Waals surface area contributed by atoms with Crippen molar-refractivity contribution in [2.75, 3.05) is 53.6 Å². The minimum Gasteiger partial charge on any atom is -0.497 e. The number of rotatable bonds is 6. The number of aromatic nitrogens is 1. The molecule has 0 unspecified atom stereocenters. The molecule has 6 nitrogen and oxygen atoms in total. The van der Waals surface area contributed by atoms with E-state index in [4.69, 9.17) is 9.47 Å². The fourth-order valence-electron chi connectivity index (χ4n) is 5.18. The van der Waals surface area contributed by atoms with Crippen LogP contribution in [-0.4, -0.2) is 73.8 Å². The van der Waals surface area contributed by atoms with Crippen molar-refractivity contribution in [2.24, 2.45) is 0 Å². The van der Waals surface area contributed by atoms with Crippen molar-refractivity contribution < 1.29 is 14.3 Å². The van der Waals surface area contributed by atoms with E-state index in [1.165, 1.54) is 37.6 Å². The predicted molar refractivity (Wildman–Crippen MR) is 120 cm³/mol. The van der Waals surface area contributed by atoms with Crippen molar-refractivity contribution in [3.05, 3.63) is 29.5 Å². The zero-order valence-electron chi connectivity index (χ0n) is 18.7. The Labute approximate surface area is 179 Å². The summed E-state index contributed by atoms with van der Waals surface area (Å²) in [4.78, 5) is 18.1. The average Bonchev–Trinajstić information content (AvgIpc) is 3.08. The first-order valence-corrected chi connectivity index (χ1v) is 11.3. The molecule has 2 heterocycles. The molecule has 0 atom stereocenters. The van der Waals surface area contributed by atoms with Crippen LogP contribution in [0.3, 0.4) is 0 Å². The molecule has 2 fully saturated rings. The van der Waals surface area contributed by atoms with Crippen molar-refractivity contribution in [1.29, 1.82) is 0 Å². The van der Waals surface area contributed by atoms with E-state index in [0.717, 1.165) is 61.7 Å². The molecule has 1 aromatic heterocycles. The Morgan fingerprint density at radius 1 is 1.07 bits per heavy atom. The monoisotopic (exact) mass is 413 g/mol. The topological polar surface area (TPSA) is 46.9 Å². The molecule has 164 valence electrons. The van der Waals surface area contributed by atoms with Gasteiger partial charge in [0.2, 0.25) is 0 Å². The molecule has 1 amide bonds. The Kier molecular flexibility index (Phi) is 6.64. The summed E-state index contributed by atoms with van der Waals surface area (Å²) in [6, 6.07) is 6.69. The summed E-state index contributed by atoms with van der Waals surface area (Å²) in [7, 11) is 3.42. The van der Waals surface area contributed by atoms with Crippen molar-refractivity contribution in [3.63, 3.8) is 0 Å². The number of methoxy groups -OCH3 is 2. The fraction of sp³-hybridized carbons (Fsp3) is 0.625. The lowest BCUT2D eigenvalue weighted by Gasteiger charge is -2.34. The summed E-state index contributed by atoms with van der Waals surface area (Å²) >= 11 is 0. The molecule has 1 saturated carbocycles. The predicted octanol–water partition coefficient (Wildman–Crippen LogP) is 3.87. The molecule has 0 radical (unpaired) electrons. The lowest BCUT2D eigenvalue weighted by molar-refractivity contribution is 0.0595. The molecule has 1 aliphatic heterocycles. The number of ether oxygens (including phenoxy) is 2. The van der Waals surface area contributed by atoms with Gasteiger partial charge in [-0.3, -0.25) is 9.69 Å². The molecular weight excluding hydrogens is 378 g/mol. The highest BCUT2D eigenvalue weighted by molar-refractivity contribution is 6.09. The van der Waals surface area contributed by atoms with E-state index in [-0.39, 0.29) is 5.91 Å². The molecule has 2 aliphatic rings. The van der Waals surface area contributed by atoms with Crippen LogP contribution in [0.5, 0.6) is 5.75 Å². The standard InChI is InChI=1S/C24H35N3O3/c1-18-23(24(28)26-13-11-25(12-14-26)15-16-29-2)21-17-20(30-3)9-10-22(21)27(18)19-7-5-4-6-8-19/h9-10,17,19H,4-8,11-16H2,1-3H3. The van der Waals surface area contributed by atoms with Crippen LogP contribution in [0.2, 0.25) is 0 Å². The summed E-state index contributed by atoms with van der Waals surface area (Å²) in [5, 5.41) is 1.03. The third kappa shape index (κ3) is 4.08. The van der Waals surface area contributed by atoms with E-state index >= 15 is 0 Å². The second kappa shape index (κ2) is 9.40. The number of benzene rings is 1. The molecular formula is C24H35N3O3. The molecule has 1 aliphatic carbocycles. The normalized spacial score (nSPS) is 18.8. The number of hydrogen-bond donors (Lipinski definition) is 0. The lowest BCUT2D eigenvalue weighted by Crippen LogP contribution is -2.49. The minimum atomic E-state index is 0.159. The van der Waals surface area contributed by atoms with Crippen LogP contribution in [0.25, 0.3) is 10.9 Å². The number of piperazine rings is 1. The minimum absolute atomic E-state index is 0.159. The molecule has 2 aromatic rings. The maximum atomic E-state index is 13.7. The molecule has 6 heteroatoms. The Hall–Kier alpha value is -2.05. The van der Waals surface area contributed by atoms with Crippen LogP contribution in [0, 0.1) is 6.92 Å². The van der Waals surface area contributed by atoms with Gasteiger partial charge in [-0.15, -0.1) is 0 Å². The quantitative estimate of drug-likeness (QED) is 0.721. The molecule has 0 spiro atoms. The fourth-order valence-corrected chi connectivity index (χ4v) is 5.18. The highest BCUT2D eigenvalue weighted by Gasteiger charge is 2.29. The number of carbonyl (C=O) groups excluding carboxylic acids is 1. The molecule has 4 rings (SSSR count). The zero-order chi connectivity index (χ0) is 21.1. The van der Waals surface area contributed by atoms with E-state index in [1.807, 2.05) is 17.0 Å². The van der Waals surface area contributed by atoms with Gasteiger partial charge in [0.15, 0.2) is 0 Å². The summed E-state index contributed by atoms with van der Waals surface area (Å²) in [5.41, 5.74) is 3.14. The SMILES string of the molecule is COCCN1CCN(C(=O)c2c(C)n(C3CCCCC3)c3ccc(OC)cc23)CC1. The summed E-state index contributed by atoms with van der Waals surface area (Å²) < 4.78 is 13.1. The zero-order valence-corrected chi connectivity index (χ0v) is 18.7. The van der Waals surface area contributed by atoms with Gasteiger partial charge in [0.05, 0.1) is 19.3 Å². The third-order valence-corrected chi connectivity index (χ3v) is 6.88. The first-order valence-electron chi connectivity index (χ1n) is 11.3. The Morgan fingerprint density at radius 3 is 2.47 bits per heavy atom. The Morgan fingerprint density at radius 2 is 1.80 bits per heavy atom. The van der Waals surface area contributed by atoms with Gasteiger partial charge in [-0.2, -0.15) is 0 Å². The van der Waals surface area contributed by atoms with Crippen molar-refractivity contribution >= 4 is 16.8 Å². The number of nitrogens with zero attached hydrogens (tertiary/aromatic N) is 3. The van der Waals surface area contributed by atoms with Gasteiger partial charge >= 0.3 is 0 Å². The first kappa shape index (κ1) is 21.2. The number of carbonyl (C=O) groups is 1. The smallest absolute Gasteiger partial charge is 0.256 e. The summed E-state index contributed by atoms with van der Waals surface area (Å²) in [5.74, 6) is 0.966. The maximum absolute atomic E-state index is 13.7. The van der Waals surface area contributed by atoms with Gasteiger partial charge in [0.1, 0.15) is 5.75 Å². The molecule has 0 bridgehead atoms. The molecule has 0 N–H and O–H groups in total. The first-order chi connectivity index (χ1) is 14.6. The summed E-state index contributed by atoms with van der Waals surface area (Å²) in [6.07, 6.45) is 6.26. The van der Waals surface area contributed by atoms with E-state index in [0.29, 0.717) is 6.04 Å². The van der Waals surface area contributed by atoms with Crippen LogP contribution >= 0.6 is 0 Å². The molecule has 1 aromatic carbocycles. The van der Waals surface area contributed by atoms with Gasteiger partial charge in [0.25, 0.3) is 5.91 Å². The second-order valence-corrected chi connectivity index (χ2v) is 8.63. The van der Waals surface area contributed by atoms with Crippen LogP contribution in [0.4, 0.5) is 0 Å². The van der Waals surface area contributed by atoms with Crippen LogP contribution in [-0.2, 0) is 4.74 Å². The van der Waals surface area contributed by atoms with Crippen LogP contribution < -0.4 is 4.74 Å². The Bertz CT molecular complexity index is 877. The highest BCUT2D eigenvalue weighted by Crippen LogP contribution is 2.37.